The Kier molecular flexibility index (Phi) is 3.92. The molecule has 2 aromatic carbocycles. The van der Waals surface area contributed by atoms with Gasteiger partial charge in [-0.25, -0.2) is 8.42 Å². The fourth-order valence-electron chi connectivity index (χ4n) is 1.78. The van der Waals surface area contributed by atoms with E-state index in [1.165, 1.54) is 6.07 Å². The normalized spacial score (nSPS) is 11.3. The van der Waals surface area contributed by atoms with E-state index in [0.717, 1.165) is 11.8 Å². The van der Waals surface area contributed by atoms with Crippen molar-refractivity contribution in [2.75, 3.05) is 12.0 Å². The Labute approximate surface area is 123 Å². The van der Waals surface area contributed by atoms with E-state index in [2.05, 4.69) is 0 Å². The number of rotatable bonds is 3. The van der Waals surface area contributed by atoms with Crippen molar-refractivity contribution < 1.29 is 13.2 Å². The molecule has 20 heavy (non-hydrogen) atoms. The molecule has 0 saturated carbocycles. The lowest BCUT2D eigenvalue weighted by molar-refractivity contribution is 0.480. The lowest BCUT2D eigenvalue weighted by Crippen LogP contribution is -2.04. The topological polar surface area (TPSA) is 69.4 Å². The SMILES string of the molecule is Cc1cc(Cl)ccc1Oc1cccc(S(C)(=O)=O)c1N. The molecule has 0 spiro atoms. The van der Waals surface area contributed by atoms with Gasteiger partial charge in [0.2, 0.25) is 0 Å². The van der Waals surface area contributed by atoms with Crippen molar-refractivity contribution >= 4 is 27.1 Å². The predicted molar refractivity (Wildman–Crippen MR) is 80.2 cm³/mol. The van der Waals surface area contributed by atoms with Gasteiger partial charge < -0.3 is 10.5 Å². The molecule has 106 valence electrons. The van der Waals surface area contributed by atoms with Crippen molar-refractivity contribution in [3.05, 3.63) is 47.0 Å². The minimum Gasteiger partial charge on any atom is -0.455 e. The van der Waals surface area contributed by atoms with Crippen molar-refractivity contribution in [1.29, 1.82) is 0 Å². The maximum absolute atomic E-state index is 11.6. The zero-order chi connectivity index (χ0) is 14.9. The van der Waals surface area contributed by atoms with E-state index in [0.29, 0.717) is 16.5 Å². The number of aryl methyl sites for hydroxylation is 1. The predicted octanol–water partition coefficient (Wildman–Crippen LogP) is 3.43. The molecule has 0 aliphatic carbocycles. The van der Waals surface area contributed by atoms with Crippen LogP contribution < -0.4 is 10.5 Å². The van der Waals surface area contributed by atoms with Crippen LogP contribution in [0.1, 0.15) is 5.56 Å². The largest absolute Gasteiger partial charge is 0.455 e. The summed E-state index contributed by atoms with van der Waals surface area (Å²) in [5.41, 5.74) is 6.80. The molecular weight excluding hydrogens is 298 g/mol. The van der Waals surface area contributed by atoms with Crippen LogP contribution in [0.15, 0.2) is 41.3 Å². The van der Waals surface area contributed by atoms with Crippen LogP contribution in [-0.2, 0) is 9.84 Å². The maximum atomic E-state index is 11.6. The highest BCUT2D eigenvalue weighted by molar-refractivity contribution is 7.90. The molecule has 0 aliphatic rings. The van der Waals surface area contributed by atoms with E-state index in [-0.39, 0.29) is 10.6 Å². The number of nitrogen functional groups attached to an aromatic ring is 1. The smallest absolute Gasteiger partial charge is 0.177 e. The Morgan fingerprint density at radius 2 is 1.85 bits per heavy atom. The Balaban J connectivity index is 2.45. The highest BCUT2D eigenvalue weighted by Gasteiger charge is 2.15. The van der Waals surface area contributed by atoms with Gasteiger partial charge in [0.15, 0.2) is 15.6 Å². The number of sulfone groups is 1. The third-order valence-electron chi connectivity index (χ3n) is 2.78. The van der Waals surface area contributed by atoms with Crippen LogP contribution in [0, 0.1) is 6.92 Å². The molecule has 0 fully saturated rings. The number of para-hydroxylation sites is 1. The van der Waals surface area contributed by atoms with Gasteiger partial charge in [-0.1, -0.05) is 17.7 Å². The fraction of sp³-hybridized carbons (Fsp3) is 0.143. The minimum atomic E-state index is -3.39. The number of ether oxygens (including phenoxy) is 1. The second-order valence-corrected chi connectivity index (χ2v) is 6.87. The average Bonchev–Trinajstić information content (AvgIpc) is 2.33. The van der Waals surface area contributed by atoms with Gasteiger partial charge >= 0.3 is 0 Å². The first-order valence-corrected chi connectivity index (χ1v) is 8.08. The van der Waals surface area contributed by atoms with Crippen molar-refractivity contribution in [3.8, 4) is 11.5 Å². The van der Waals surface area contributed by atoms with E-state index in [1.54, 1.807) is 30.3 Å². The Morgan fingerprint density at radius 3 is 2.45 bits per heavy atom. The molecule has 0 radical (unpaired) electrons. The van der Waals surface area contributed by atoms with Gasteiger partial charge in [0.05, 0.1) is 10.6 Å². The number of halogens is 1. The molecule has 0 saturated heterocycles. The second kappa shape index (κ2) is 5.34. The third-order valence-corrected chi connectivity index (χ3v) is 4.17. The molecule has 2 rings (SSSR count). The maximum Gasteiger partial charge on any atom is 0.177 e. The van der Waals surface area contributed by atoms with Gasteiger partial charge in [0, 0.05) is 11.3 Å². The van der Waals surface area contributed by atoms with Gasteiger partial charge in [-0.05, 0) is 42.8 Å². The van der Waals surface area contributed by atoms with Crippen molar-refractivity contribution in [1.82, 2.24) is 0 Å². The summed E-state index contributed by atoms with van der Waals surface area (Å²) in [6.07, 6.45) is 1.11. The van der Waals surface area contributed by atoms with Crippen molar-refractivity contribution in [3.63, 3.8) is 0 Å². The first-order valence-electron chi connectivity index (χ1n) is 5.81. The molecule has 0 aliphatic heterocycles. The highest BCUT2D eigenvalue weighted by Crippen LogP contribution is 2.34. The fourth-order valence-corrected chi connectivity index (χ4v) is 2.83. The molecule has 0 heterocycles. The molecule has 2 aromatic rings. The number of anilines is 1. The molecule has 0 unspecified atom stereocenters. The van der Waals surface area contributed by atoms with Gasteiger partial charge in [0.25, 0.3) is 0 Å². The number of benzene rings is 2. The minimum absolute atomic E-state index is 0.0571. The quantitative estimate of drug-likeness (QED) is 0.882. The van der Waals surface area contributed by atoms with Gasteiger partial charge in [-0.15, -0.1) is 0 Å². The Hall–Kier alpha value is -1.72. The summed E-state index contributed by atoms with van der Waals surface area (Å²) in [5.74, 6) is 0.880. The molecule has 4 nitrogen and oxygen atoms in total. The summed E-state index contributed by atoms with van der Waals surface area (Å²) in [7, 11) is -3.39. The zero-order valence-corrected chi connectivity index (χ0v) is 12.6. The van der Waals surface area contributed by atoms with E-state index in [1.807, 2.05) is 6.92 Å². The zero-order valence-electron chi connectivity index (χ0n) is 11.1. The summed E-state index contributed by atoms with van der Waals surface area (Å²) < 4.78 is 28.9. The number of hydrogen-bond donors (Lipinski definition) is 1. The summed E-state index contributed by atoms with van der Waals surface area (Å²) >= 11 is 5.88. The average molecular weight is 312 g/mol. The van der Waals surface area contributed by atoms with Crippen LogP contribution >= 0.6 is 11.6 Å². The molecule has 0 atom stereocenters. The van der Waals surface area contributed by atoms with E-state index in [4.69, 9.17) is 22.1 Å². The standard InChI is InChI=1S/C14H14ClNO3S/c1-9-8-10(15)6-7-11(9)19-12-4-3-5-13(14(12)16)20(2,17)18/h3-8H,16H2,1-2H3. The lowest BCUT2D eigenvalue weighted by atomic mass is 10.2. The van der Waals surface area contributed by atoms with Gasteiger partial charge in [0.1, 0.15) is 5.75 Å². The first kappa shape index (κ1) is 14.7. The van der Waals surface area contributed by atoms with Crippen LogP contribution in [0.4, 0.5) is 5.69 Å². The molecule has 0 amide bonds. The molecule has 6 heteroatoms. The number of nitrogens with two attached hydrogens (primary N) is 1. The first-order chi connectivity index (χ1) is 9.29. The van der Waals surface area contributed by atoms with Gasteiger partial charge in [-0.3, -0.25) is 0 Å². The highest BCUT2D eigenvalue weighted by atomic mass is 35.5. The van der Waals surface area contributed by atoms with E-state index >= 15 is 0 Å². The summed E-state index contributed by atoms with van der Waals surface area (Å²) in [6.45, 7) is 1.85. The molecule has 0 bridgehead atoms. The lowest BCUT2D eigenvalue weighted by Gasteiger charge is -2.13. The summed E-state index contributed by atoms with van der Waals surface area (Å²) in [5, 5.41) is 0.604. The Bertz CT molecular complexity index is 757. The van der Waals surface area contributed by atoms with Crippen LogP contribution in [0.2, 0.25) is 5.02 Å². The van der Waals surface area contributed by atoms with Crippen molar-refractivity contribution in [2.45, 2.75) is 11.8 Å². The Morgan fingerprint density at radius 1 is 1.15 bits per heavy atom. The monoisotopic (exact) mass is 311 g/mol. The number of hydrogen-bond acceptors (Lipinski definition) is 4. The van der Waals surface area contributed by atoms with Crippen LogP contribution in [-0.4, -0.2) is 14.7 Å². The van der Waals surface area contributed by atoms with Gasteiger partial charge in [-0.2, -0.15) is 0 Å². The van der Waals surface area contributed by atoms with E-state index < -0.39 is 9.84 Å². The van der Waals surface area contributed by atoms with Crippen molar-refractivity contribution in [2.24, 2.45) is 0 Å². The van der Waals surface area contributed by atoms with Crippen LogP contribution in [0.25, 0.3) is 0 Å². The second-order valence-electron chi connectivity index (χ2n) is 4.45. The third kappa shape index (κ3) is 3.05. The molecular formula is C14H14ClNO3S. The van der Waals surface area contributed by atoms with Crippen LogP contribution in [0.5, 0.6) is 11.5 Å². The van der Waals surface area contributed by atoms with E-state index in [9.17, 15) is 8.42 Å². The molecule has 0 aromatic heterocycles. The summed E-state index contributed by atoms with van der Waals surface area (Å²) in [4.78, 5) is 0.0571. The van der Waals surface area contributed by atoms with Crippen LogP contribution in [0.3, 0.4) is 0 Å². The summed E-state index contributed by atoms with van der Waals surface area (Å²) in [6, 6.07) is 9.83. The molecule has 2 N–H and O–H groups in total.